The van der Waals surface area contributed by atoms with Gasteiger partial charge in [-0.2, -0.15) is 0 Å². The van der Waals surface area contributed by atoms with E-state index in [-0.39, 0.29) is 17.8 Å². The Balaban J connectivity index is 2.69. The summed E-state index contributed by atoms with van der Waals surface area (Å²) < 4.78 is 31.1. The Morgan fingerprint density at radius 1 is 0.929 bits per heavy atom. The highest BCUT2D eigenvalue weighted by Gasteiger charge is 2.41. The van der Waals surface area contributed by atoms with Gasteiger partial charge in [0.25, 0.3) is 5.97 Å². The monoisotopic (exact) mass is 396 g/mol. The molecule has 0 bridgehead atoms. The van der Waals surface area contributed by atoms with Crippen molar-refractivity contribution in [3.63, 3.8) is 0 Å². The van der Waals surface area contributed by atoms with Crippen molar-refractivity contribution < 1.29 is 18.6 Å². The molecule has 1 unspecified atom stereocenters. The average molecular weight is 397 g/mol. The van der Waals surface area contributed by atoms with Crippen LogP contribution in [0, 0.1) is 11.7 Å². The zero-order valence-electron chi connectivity index (χ0n) is 18.6. The van der Waals surface area contributed by atoms with E-state index in [0.717, 1.165) is 37.7 Å². The van der Waals surface area contributed by atoms with Gasteiger partial charge in [0.15, 0.2) is 0 Å². The standard InChI is InChI=1S/C24H41FO3/c1-6-7-8-9-10-11-16-22(24(26-4,27-5)28-20(2)3)17-12-14-21-15-13-18-23(25)19-21/h13,15,18-20,22H,6-12,14,16-17H2,1-5H3. The van der Waals surface area contributed by atoms with E-state index >= 15 is 0 Å². The highest BCUT2D eigenvalue weighted by Crippen LogP contribution is 2.34. The van der Waals surface area contributed by atoms with Crippen molar-refractivity contribution in [2.45, 2.75) is 97.1 Å². The Bertz CT molecular complexity index is 514. The summed E-state index contributed by atoms with van der Waals surface area (Å²) in [6.07, 6.45) is 11.3. The van der Waals surface area contributed by atoms with E-state index < -0.39 is 5.97 Å². The number of hydrogen-bond acceptors (Lipinski definition) is 3. The van der Waals surface area contributed by atoms with Crippen LogP contribution in [0.15, 0.2) is 24.3 Å². The predicted molar refractivity (Wildman–Crippen MR) is 114 cm³/mol. The van der Waals surface area contributed by atoms with Crippen LogP contribution in [0.3, 0.4) is 0 Å². The van der Waals surface area contributed by atoms with Gasteiger partial charge < -0.3 is 14.2 Å². The maximum absolute atomic E-state index is 13.4. The first-order valence-electron chi connectivity index (χ1n) is 11.0. The summed E-state index contributed by atoms with van der Waals surface area (Å²) in [6, 6.07) is 6.86. The molecule has 162 valence electrons. The molecule has 0 N–H and O–H groups in total. The zero-order valence-corrected chi connectivity index (χ0v) is 18.6. The molecule has 0 heterocycles. The van der Waals surface area contributed by atoms with Gasteiger partial charge in [0.05, 0.1) is 6.10 Å². The van der Waals surface area contributed by atoms with Crippen LogP contribution in [0.25, 0.3) is 0 Å². The van der Waals surface area contributed by atoms with Crippen molar-refractivity contribution in [1.29, 1.82) is 0 Å². The fourth-order valence-corrected chi connectivity index (χ4v) is 3.85. The van der Waals surface area contributed by atoms with Crippen LogP contribution in [0.2, 0.25) is 0 Å². The Morgan fingerprint density at radius 2 is 1.57 bits per heavy atom. The topological polar surface area (TPSA) is 27.7 Å². The van der Waals surface area contributed by atoms with E-state index in [1.165, 1.54) is 38.2 Å². The molecule has 0 radical (unpaired) electrons. The molecule has 0 aromatic heterocycles. The highest BCUT2D eigenvalue weighted by molar-refractivity contribution is 5.16. The van der Waals surface area contributed by atoms with E-state index in [4.69, 9.17) is 14.2 Å². The minimum absolute atomic E-state index is 0.00942. The second kappa shape index (κ2) is 14.1. The van der Waals surface area contributed by atoms with E-state index in [2.05, 4.69) is 6.92 Å². The Kier molecular flexibility index (Phi) is 12.6. The van der Waals surface area contributed by atoms with Gasteiger partial charge in [0.2, 0.25) is 0 Å². The Morgan fingerprint density at radius 3 is 2.18 bits per heavy atom. The van der Waals surface area contributed by atoms with Crippen molar-refractivity contribution in [3.05, 3.63) is 35.6 Å². The maximum atomic E-state index is 13.4. The maximum Gasteiger partial charge on any atom is 0.285 e. The minimum atomic E-state index is -1.01. The lowest BCUT2D eigenvalue weighted by Crippen LogP contribution is -2.46. The summed E-state index contributed by atoms with van der Waals surface area (Å²) in [5.74, 6) is -1.04. The zero-order chi connectivity index (χ0) is 20.8. The molecule has 3 nitrogen and oxygen atoms in total. The number of methoxy groups -OCH3 is 2. The number of unbranched alkanes of at least 4 members (excludes halogenated alkanes) is 5. The number of benzene rings is 1. The molecule has 0 saturated carbocycles. The van der Waals surface area contributed by atoms with Crippen LogP contribution in [0.5, 0.6) is 0 Å². The van der Waals surface area contributed by atoms with Gasteiger partial charge in [-0.25, -0.2) is 4.39 Å². The number of rotatable bonds is 16. The summed E-state index contributed by atoms with van der Waals surface area (Å²) in [5.41, 5.74) is 1.03. The van der Waals surface area contributed by atoms with Gasteiger partial charge in [-0.3, -0.25) is 0 Å². The molecule has 1 aromatic rings. The van der Waals surface area contributed by atoms with Gasteiger partial charge in [0, 0.05) is 20.1 Å². The number of aryl methyl sites for hydroxylation is 1. The molecule has 0 fully saturated rings. The first-order valence-corrected chi connectivity index (χ1v) is 11.0. The van der Waals surface area contributed by atoms with Crippen LogP contribution in [-0.2, 0) is 20.6 Å². The molecule has 0 saturated heterocycles. The normalized spacial score (nSPS) is 13.2. The molecular formula is C24H41FO3. The third kappa shape index (κ3) is 9.02. The van der Waals surface area contributed by atoms with Crippen LogP contribution in [0.4, 0.5) is 4.39 Å². The van der Waals surface area contributed by atoms with Gasteiger partial charge in [0.1, 0.15) is 5.82 Å². The van der Waals surface area contributed by atoms with Crippen molar-refractivity contribution in [2.24, 2.45) is 5.92 Å². The Labute approximate surface area is 172 Å². The molecule has 0 spiro atoms. The second-order valence-electron chi connectivity index (χ2n) is 7.95. The van der Waals surface area contributed by atoms with Gasteiger partial charge in [-0.15, -0.1) is 0 Å². The highest BCUT2D eigenvalue weighted by atomic mass is 19.1. The third-order valence-corrected chi connectivity index (χ3v) is 5.28. The first kappa shape index (κ1) is 25.1. The van der Waals surface area contributed by atoms with Gasteiger partial charge >= 0.3 is 0 Å². The van der Waals surface area contributed by atoms with Gasteiger partial charge in [-0.1, -0.05) is 57.6 Å². The second-order valence-corrected chi connectivity index (χ2v) is 7.95. The first-order chi connectivity index (χ1) is 13.5. The molecule has 0 aliphatic carbocycles. The van der Waals surface area contributed by atoms with Crippen LogP contribution < -0.4 is 0 Å². The summed E-state index contributed by atoms with van der Waals surface area (Å²) in [6.45, 7) is 6.24. The summed E-state index contributed by atoms with van der Waals surface area (Å²) in [7, 11) is 3.32. The largest absolute Gasteiger partial charge is 0.331 e. The lowest BCUT2D eigenvalue weighted by atomic mass is 9.91. The molecule has 28 heavy (non-hydrogen) atoms. The van der Waals surface area contributed by atoms with Crippen molar-refractivity contribution >= 4 is 0 Å². The average Bonchev–Trinajstić information content (AvgIpc) is 2.67. The van der Waals surface area contributed by atoms with Crippen LogP contribution in [-0.4, -0.2) is 26.3 Å². The number of hydrogen-bond donors (Lipinski definition) is 0. The third-order valence-electron chi connectivity index (χ3n) is 5.28. The quantitative estimate of drug-likeness (QED) is 0.225. The molecule has 1 rings (SSSR count). The van der Waals surface area contributed by atoms with E-state index in [1.54, 1.807) is 26.4 Å². The van der Waals surface area contributed by atoms with Crippen molar-refractivity contribution in [1.82, 2.24) is 0 Å². The molecule has 1 atom stereocenters. The van der Waals surface area contributed by atoms with E-state index in [1.807, 2.05) is 19.9 Å². The molecule has 0 aliphatic rings. The lowest BCUT2D eigenvalue weighted by Gasteiger charge is -2.39. The fourth-order valence-electron chi connectivity index (χ4n) is 3.85. The molecule has 4 heteroatoms. The minimum Gasteiger partial charge on any atom is -0.331 e. The summed E-state index contributed by atoms with van der Waals surface area (Å²) >= 11 is 0. The SMILES string of the molecule is CCCCCCCCC(CCCc1cccc(F)c1)C(OC)(OC)OC(C)C. The van der Waals surface area contributed by atoms with Crippen LogP contribution in [0.1, 0.15) is 84.1 Å². The predicted octanol–water partition coefficient (Wildman–Crippen LogP) is 6.89. The lowest BCUT2D eigenvalue weighted by molar-refractivity contribution is -0.399. The number of halogens is 1. The van der Waals surface area contributed by atoms with Crippen molar-refractivity contribution in [2.75, 3.05) is 14.2 Å². The Hall–Kier alpha value is -0.970. The van der Waals surface area contributed by atoms with Crippen LogP contribution >= 0.6 is 0 Å². The fraction of sp³-hybridized carbons (Fsp3) is 0.750. The smallest absolute Gasteiger partial charge is 0.285 e. The summed E-state index contributed by atoms with van der Waals surface area (Å²) in [5, 5.41) is 0. The summed E-state index contributed by atoms with van der Waals surface area (Å²) in [4.78, 5) is 0. The molecule has 0 amide bonds. The van der Waals surface area contributed by atoms with E-state index in [9.17, 15) is 4.39 Å². The molecule has 1 aromatic carbocycles. The molecule has 0 aliphatic heterocycles. The van der Waals surface area contributed by atoms with Gasteiger partial charge in [-0.05, 0) is 57.2 Å². The van der Waals surface area contributed by atoms with Crippen molar-refractivity contribution in [3.8, 4) is 0 Å². The molecular weight excluding hydrogens is 355 g/mol. The van der Waals surface area contributed by atoms with E-state index in [0.29, 0.717) is 0 Å². The number of ether oxygens (including phenoxy) is 3.